The number of hydrogen-bond acceptors (Lipinski definition) is 1. The summed E-state index contributed by atoms with van der Waals surface area (Å²) in [7, 11) is 0. The standard InChI is InChI=1S/C11H13Cl2N/c12-10-4-1-8(7-11(10)13)5-6-14-9-2-3-9/h1,4,7,9,14H,2-3,5-6H2. The van der Waals surface area contributed by atoms with E-state index in [1.54, 1.807) is 0 Å². The summed E-state index contributed by atoms with van der Waals surface area (Å²) in [6.07, 6.45) is 3.69. The second-order valence-corrected chi connectivity index (χ2v) is 4.54. The van der Waals surface area contributed by atoms with Gasteiger partial charge in [0, 0.05) is 6.04 Å². The fourth-order valence-corrected chi connectivity index (χ4v) is 1.72. The first-order chi connectivity index (χ1) is 6.75. The van der Waals surface area contributed by atoms with Crippen LogP contribution in [0.4, 0.5) is 0 Å². The monoisotopic (exact) mass is 229 g/mol. The minimum absolute atomic E-state index is 0.630. The van der Waals surface area contributed by atoms with Crippen molar-refractivity contribution in [3.05, 3.63) is 33.8 Å². The van der Waals surface area contributed by atoms with Gasteiger partial charge >= 0.3 is 0 Å². The van der Waals surface area contributed by atoms with Crippen molar-refractivity contribution in [2.75, 3.05) is 6.54 Å². The fraction of sp³-hybridized carbons (Fsp3) is 0.455. The van der Waals surface area contributed by atoms with Gasteiger partial charge in [-0.3, -0.25) is 0 Å². The van der Waals surface area contributed by atoms with Crippen LogP contribution >= 0.6 is 23.2 Å². The zero-order valence-electron chi connectivity index (χ0n) is 7.89. The zero-order valence-corrected chi connectivity index (χ0v) is 9.41. The minimum atomic E-state index is 0.630. The molecule has 0 unspecified atom stereocenters. The number of rotatable bonds is 4. The second kappa shape index (κ2) is 4.52. The van der Waals surface area contributed by atoms with Crippen molar-refractivity contribution in [3.8, 4) is 0 Å². The topological polar surface area (TPSA) is 12.0 Å². The smallest absolute Gasteiger partial charge is 0.0595 e. The van der Waals surface area contributed by atoms with Crippen LogP contribution in [0.2, 0.25) is 10.0 Å². The lowest BCUT2D eigenvalue weighted by Gasteiger charge is -2.04. The predicted octanol–water partition coefficient (Wildman–Crippen LogP) is 3.29. The third-order valence-corrected chi connectivity index (χ3v) is 3.15. The molecule has 76 valence electrons. The highest BCUT2D eigenvalue weighted by Crippen LogP contribution is 2.23. The summed E-state index contributed by atoms with van der Waals surface area (Å²) < 4.78 is 0. The Bertz CT molecular complexity index is 321. The molecule has 1 aliphatic rings. The van der Waals surface area contributed by atoms with Crippen molar-refractivity contribution < 1.29 is 0 Å². The van der Waals surface area contributed by atoms with E-state index in [0.717, 1.165) is 19.0 Å². The number of nitrogens with one attached hydrogen (secondary N) is 1. The summed E-state index contributed by atoms with van der Waals surface area (Å²) in [6, 6.07) is 6.61. The molecule has 1 aliphatic carbocycles. The molecule has 1 fully saturated rings. The Balaban J connectivity index is 1.85. The van der Waals surface area contributed by atoms with E-state index in [4.69, 9.17) is 23.2 Å². The molecule has 0 saturated heterocycles. The van der Waals surface area contributed by atoms with Gasteiger partial charge in [-0.25, -0.2) is 0 Å². The van der Waals surface area contributed by atoms with E-state index < -0.39 is 0 Å². The normalized spacial score (nSPS) is 15.9. The van der Waals surface area contributed by atoms with E-state index >= 15 is 0 Å². The summed E-state index contributed by atoms with van der Waals surface area (Å²) in [5.41, 5.74) is 1.24. The van der Waals surface area contributed by atoms with Crippen LogP contribution in [0, 0.1) is 0 Å². The Morgan fingerprint density at radius 1 is 1.21 bits per heavy atom. The molecule has 14 heavy (non-hydrogen) atoms. The quantitative estimate of drug-likeness (QED) is 0.836. The van der Waals surface area contributed by atoms with E-state index in [0.29, 0.717) is 10.0 Å². The summed E-state index contributed by atoms with van der Waals surface area (Å²) in [5, 5.41) is 4.74. The minimum Gasteiger partial charge on any atom is -0.314 e. The molecule has 1 saturated carbocycles. The molecule has 0 aromatic heterocycles. The Hall–Kier alpha value is -0.240. The lowest BCUT2D eigenvalue weighted by molar-refractivity contribution is 0.682. The highest BCUT2D eigenvalue weighted by atomic mass is 35.5. The van der Waals surface area contributed by atoms with E-state index in [-0.39, 0.29) is 0 Å². The largest absolute Gasteiger partial charge is 0.314 e. The lowest BCUT2D eigenvalue weighted by atomic mass is 10.1. The maximum atomic E-state index is 5.92. The van der Waals surface area contributed by atoms with Gasteiger partial charge in [-0.15, -0.1) is 0 Å². The Labute approximate surface area is 94.4 Å². The van der Waals surface area contributed by atoms with Gasteiger partial charge in [0.05, 0.1) is 10.0 Å². The SMILES string of the molecule is Clc1ccc(CCNC2CC2)cc1Cl. The first-order valence-electron chi connectivity index (χ1n) is 4.93. The highest BCUT2D eigenvalue weighted by molar-refractivity contribution is 6.42. The maximum Gasteiger partial charge on any atom is 0.0595 e. The van der Waals surface area contributed by atoms with Crippen LogP contribution in [0.25, 0.3) is 0 Å². The highest BCUT2D eigenvalue weighted by Gasteiger charge is 2.19. The van der Waals surface area contributed by atoms with Gasteiger partial charge < -0.3 is 5.32 Å². The Morgan fingerprint density at radius 2 is 2.00 bits per heavy atom. The Morgan fingerprint density at radius 3 is 2.64 bits per heavy atom. The second-order valence-electron chi connectivity index (χ2n) is 3.73. The van der Waals surface area contributed by atoms with Crippen LogP contribution in [0.15, 0.2) is 18.2 Å². The van der Waals surface area contributed by atoms with Crippen LogP contribution in [-0.2, 0) is 6.42 Å². The van der Waals surface area contributed by atoms with Crippen molar-refractivity contribution in [1.82, 2.24) is 5.32 Å². The molecule has 1 N–H and O–H groups in total. The third-order valence-electron chi connectivity index (χ3n) is 2.41. The molecule has 1 aromatic carbocycles. The van der Waals surface area contributed by atoms with Gasteiger partial charge in [0.2, 0.25) is 0 Å². The average molecular weight is 230 g/mol. The van der Waals surface area contributed by atoms with Gasteiger partial charge in [0.1, 0.15) is 0 Å². The van der Waals surface area contributed by atoms with Crippen LogP contribution < -0.4 is 5.32 Å². The van der Waals surface area contributed by atoms with Crippen LogP contribution in [-0.4, -0.2) is 12.6 Å². The van der Waals surface area contributed by atoms with Gasteiger partial charge in [0.15, 0.2) is 0 Å². The molecular weight excluding hydrogens is 217 g/mol. The number of halogens is 2. The molecule has 2 rings (SSSR count). The number of hydrogen-bond donors (Lipinski definition) is 1. The summed E-state index contributed by atoms with van der Waals surface area (Å²) >= 11 is 11.7. The van der Waals surface area contributed by atoms with Gasteiger partial charge in [0.25, 0.3) is 0 Å². The molecule has 0 atom stereocenters. The van der Waals surface area contributed by atoms with Gasteiger partial charge in [-0.05, 0) is 43.5 Å². The summed E-state index contributed by atoms with van der Waals surface area (Å²) in [6.45, 7) is 1.03. The van der Waals surface area contributed by atoms with E-state index in [1.807, 2.05) is 18.2 Å². The van der Waals surface area contributed by atoms with Gasteiger partial charge in [-0.1, -0.05) is 29.3 Å². The molecule has 0 spiro atoms. The molecule has 0 amide bonds. The van der Waals surface area contributed by atoms with Crippen molar-refractivity contribution >= 4 is 23.2 Å². The zero-order chi connectivity index (χ0) is 9.97. The van der Waals surface area contributed by atoms with Crippen molar-refractivity contribution in [2.45, 2.75) is 25.3 Å². The lowest BCUT2D eigenvalue weighted by Crippen LogP contribution is -2.19. The Kier molecular flexibility index (Phi) is 3.32. The van der Waals surface area contributed by atoms with Crippen molar-refractivity contribution in [3.63, 3.8) is 0 Å². The molecule has 0 bridgehead atoms. The van der Waals surface area contributed by atoms with E-state index in [2.05, 4.69) is 5.32 Å². The fourth-order valence-electron chi connectivity index (χ4n) is 1.40. The average Bonchev–Trinajstić information content (AvgIpc) is 2.95. The molecule has 0 heterocycles. The molecule has 1 aromatic rings. The van der Waals surface area contributed by atoms with E-state index in [1.165, 1.54) is 18.4 Å². The number of benzene rings is 1. The van der Waals surface area contributed by atoms with Crippen LogP contribution in [0.3, 0.4) is 0 Å². The van der Waals surface area contributed by atoms with Crippen molar-refractivity contribution in [1.29, 1.82) is 0 Å². The van der Waals surface area contributed by atoms with Crippen LogP contribution in [0.5, 0.6) is 0 Å². The maximum absolute atomic E-state index is 5.92. The summed E-state index contributed by atoms with van der Waals surface area (Å²) in [4.78, 5) is 0. The third kappa shape index (κ3) is 2.88. The summed E-state index contributed by atoms with van der Waals surface area (Å²) in [5.74, 6) is 0. The molecule has 1 nitrogen and oxygen atoms in total. The molecule has 0 aliphatic heterocycles. The molecule has 0 radical (unpaired) electrons. The molecule has 3 heteroatoms. The van der Waals surface area contributed by atoms with E-state index in [9.17, 15) is 0 Å². The van der Waals surface area contributed by atoms with Gasteiger partial charge in [-0.2, -0.15) is 0 Å². The van der Waals surface area contributed by atoms with Crippen LogP contribution in [0.1, 0.15) is 18.4 Å². The predicted molar refractivity (Wildman–Crippen MR) is 61.2 cm³/mol. The molecular formula is C11H13Cl2N. The first kappa shape index (κ1) is 10.3. The first-order valence-corrected chi connectivity index (χ1v) is 5.68. The van der Waals surface area contributed by atoms with Crippen molar-refractivity contribution in [2.24, 2.45) is 0 Å².